The molecule has 1 aromatic carbocycles. The number of carbonyl (C=O) groups is 1. The Morgan fingerprint density at radius 1 is 1.17 bits per heavy atom. The summed E-state index contributed by atoms with van der Waals surface area (Å²) in [4.78, 5) is 15.0. The number of nitrogens with one attached hydrogen (secondary N) is 1. The standard InChI is InChI=1S/C22H35N3O4S/c1-17(2)29-21-12-11-19(30(27,28)25-13-7-4-8-14-25)15-20(21)23-22(26)16-24(3)18-9-5-6-10-18/h11-12,15,17-18H,4-10,13-14,16H2,1-3H3,(H,23,26). The maximum Gasteiger partial charge on any atom is 0.243 e. The highest BCUT2D eigenvalue weighted by molar-refractivity contribution is 7.89. The largest absolute Gasteiger partial charge is 0.489 e. The lowest BCUT2D eigenvalue weighted by Crippen LogP contribution is -2.37. The molecule has 1 saturated carbocycles. The van der Waals surface area contributed by atoms with Crippen molar-refractivity contribution < 1.29 is 17.9 Å². The number of carbonyl (C=O) groups excluding carboxylic acids is 1. The lowest BCUT2D eigenvalue weighted by Gasteiger charge is -2.26. The van der Waals surface area contributed by atoms with E-state index in [-0.39, 0.29) is 23.5 Å². The average molecular weight is 438 g/mol. The molecule has 0 bridgehead atoms. The van der Waals surface area contributed by atoms with Gasteiger partial charge in [-0.15, -0.1) is 0 Å². The zero-order valence-corrected chi connectivity index (χ0v) is 19.2. The molecule has 8 heteroatoms. The summed E-state index contributed by atoms with van der Waals surface area (Å²) >= 11 is 0. The smallest absolute Gasteiger partial charge is 0.243 e. The van der Waals surface area contributed by atoms with Gasteiger partial charge in [0.15, 0.2) is 0 Å². The van der Waals surface area contributed by atoms with Crippen LogP contribution in [0.15, 0.2) is 23.1 Å². The second-order valence-corrected chi connectivity index (χ2v) is 10.6. The summed E-state index contributed by atoms with van der Waals surface area (Å²) in [5.41, 5.74) is 0.409. The zero-order valence-electron chi connectivity index (χ0n) is 18.4. The van der Waals surface area contributed by atoms with Crippen molar-refractivity contribution in [3.8, 4) is 5.75 Å². The van der Waals surface area contributed by atoms with E-state index in [9.17, 15) is 13.2 Å². The van der Waals surface area contributed by atoms with Crippen LogP contribution in [0.2, 0.25) is 0 Å². The number of benzene rings is 1. The topological polar surface area (TPSA) is 79.0 Å². The molecule has 1 N–H and O–H groups in total. The average Bonchev–Trinajstić information content (AvgIpc) is 3.24. The molecule has 2 aliphatic rings. The molecule has 0 spiro atoms. The van der Waals surface area contributed by atoms with E-state index in [2.05, 4.69) is 10.2 Å². The number of rotatable bonds is 8. The monoisotopic (exact) mass is 437 g/mol. The van der Waals surface area contributed by atoms with E-state index in [1.807, 2.05) is 20.9 Å². The van der Waals surface area contributed by atoms with Crippen molar-refractivity contribution in [2.75, 3.05) is 32.0 Å². The molecule has 1 aromatic rings. The summed E-state index contributed by atoms with van der Waals surface area (Å²) < 4.78 is 33.5. The predicted molar refractivity (Wildman–Crippen MR) is 118 cm³/mol. The molecule has 30 heavy (non-hydrogen) atoms. The van der Waals surface area contributed by atoms with Crippen molar-refractivity contribution in [1.29, 1.82) is 0 Å². The second-order valence-electron chi connectivity index (χ2n) is 8.69. The van der Waals surface area contributed by atoms with Crippen molar-refractivity contribution in [1.82, 2.24) is 9.21 Å². The Morgan fingerprint density at radius 2 is 1.83 bits per heavy atom. The fourth-order valence-corrected chi connectivity index (χ4v) is 5.81. The summed E-state index contributed by atoms with van der Waals surface area (Å²) in [5, 5.41) is 2.90. The molecule has 168 valence electrons. The first kappa shape index (κ1) is 23.0. The number of hydrogen-bond donors (Lipinski definition) is 1. The Hall–Kier alpha value is -1.64. The molecule has 2 fully saturated rings. The summed E-state index contributed by atoms with van der Waals surface area (Å²) in [5.74, 6) is 0.324. The van der Waals surface area contributed by atoms with Gasteiger partial charge >= 0.3 is 0 Å². The van der Waals surface area contributed by atoms with Gasteiger partial charge in [-0.25, -0.2) is 8.42 Å². The highest BCUT2D eigenvalue weighted by atomic mass is 32.2. The van der Waals surface area contributed by atoms with E-state index in [4.69, 9.17) is 4.74 Å². The normalized spacial score (nSPS) is 18.8. The minimum Gasteiger partial charge on any atom is -0.489 e. The fraction of sp³-hybridized carbons (Fsp3) is 0.682. The summed E-state index contributed by atoms with van der Waals surface area (Å²) in [6, 6.07) is 5.19. The van der Waals surface area contributed by atoms with E-state index < -0.39 is 10.0 Å². The molecule has 0 radical (unpaired) electrons. The number of hydrogen-bond acceptors (Lipinski definition) is 5. The van der Waals surface area contributed by atoms with Crippen LogP contribution in [0.25, 0.3) is 0 Å². The van der Waals surface area contributed by atoms with Gasteiger partial charge in [0.05, 0.1) is 23.2 Å². The third-order valence-corrected chi connectivity index (χ3v) is 7.78. The number of ether oxygens (including phenoxy) is 1. The number of amides is 1. The van der Waals surface area contributed by atoms with Crippen LogP contribution in [-0.4, -0.2) is 62.4 Å². The van der Waals surface area contributed by atoms with Gasteiger partial charge in [0.25, 0.3) is 0 Å². The fourth-order valence-electron chi connectivity index (χ4n) is 4.27. The molecule has 0 atom stereocenters. The van der Waals surface area contributed by atoms with E-state index in [0.717, 1.165) is 32.1 Å². The number of likely N-dealkylation sites (N-methyl/N-ethyl adjacent to an activating group) is 1. The van der Waals surface area contributed by atoms with Crippen LogP contribution < -0.4 is 10.1 Å². The van der Waals surface area contributed by atoms with Gasteiger partial charge in [0, 0.05) is 19.1 Å². The minimum atomic E-state index is -3.59. The van der Waals surface area contributed by atoms with Crippen LogP contribution in [0.5, 0.6) is 5.75 Å². The highest BCUT2D eigenvalue weighted by Gasteiger charge is 2.27. The lowest BCUT2D eigenvalue weighted by atomic mass is 10.2. The van der Waals surface area contributed by atoms with E-state index in [0.29, 0.717) is 30.6 Å². The molecule has 1 aliphatic carbocycles. The van der Waals surface area contributed by atoms with Crippen LogP contribution in [0.1, 0.15) is 58.8 Å². The molecular formula is C22H35N3O4S. The molecule has 0 aromatic heterocycles. The Balaban J connectivity index is 1.79. The Bertz CT molecular complexity index is 829. The number of nitrogens with zero attached hydrogens (tertiary/aromatic N) is 2. The van der Waals surface area contributed by atoms with Gasteiger partial charge in [-0.2, -0.15) is 4.31 Å². The van der Waals surface area contributed by atoms with Crippen LogP contribution in [0, 0.1) is 0 Å². The molecular weight excluding hydrogens is 402 g/mol. The summed E-state index contributed by atoms with van der Waals surface area (Å²) in [6.07, 6.45) is 7.38. The Morgan fingerprint density at radius 3 is 2.47 bits per heavy atom. The molecule has 1 amide bonds. The first-order valence-corrected chi connectivity index (χ1v) is 12.5. The van der Waals surface area contributed by atoms with Gasteiger partial charge in [0.2, 0.25) is 15.9 Å². The molecule has 1 heterocycles. The van der Waals surface area contributed by atoms with Gasteiger partial charge in [-0.3, -0.25) is 9.69 Å². The molecule has 7 nitrogen and oxygen atoms in total. The zero-order chi connectivity index (χ0) is 21.7. The SMILES string of the molecule is CC(C)Oc1ccc(S(=O)(=O)N2CCCCC2)cc1NC(=O)CN(C)C1CCCC1. The first-order valence-electron chi connectivity index (χ1n) is 11.1. The third kappa shape index (κ3) is 5.74. The predicted octanol–water partition coefficient (Wildman–Crippen LogP) is 3.46. The van der Waals surface area contributed by atoms with Gasteiger partial charge < -0.3 is 10.1 Å². The molecule has 1 aliphatic heterocycles. The number of piperidine rings is 1. The molecule has 1 saturated heterocycles. The van der Waals surface area contributed by atoms with Crippen LogP contribution >= 0.6 is 0 Å². The first-order chi connectivity index (χ1) is 14.3. The highest BCUT2D eigenvalue weighted by Crippen LogP contribution is 2.31. The Labute approximate surface area is 180 Å². The van der Waals surface area contributed by atoms with E-state index in [1.165, 1.54) is 23.2 Å². The maximum atomic E-state index is 13.1. The van der Waals surface area contributed by atoms with E-state index >= 15 is 0 Å². The van der Waals surface area contributed by atoms with Crippen LogP contribution in [-0.2, 0) is 14.8 Å². The quantitative estimate of drug-likeness (QED) is 0.674. The number of anilines is 1. The van der Waals surface area contributed by atoms with Crippen molar-refractivity contribution in [2.45, 2.75) is 75.8 Å². The van der Waals surface area contributed by atoms with Crippen molar-refractivity contribution in [2.24, 2.45) is 0 Å². The van der Waals surface area contributed by atoms with Crippen LogP contribution in [0.3, 0.4) is 0 Å². The third-order valence-electron chi connectivity index (χ3n) is 5.88. The van der Waals surface area contributed by atoms with Crippen LogP contribution in [0.4, 0.5) is 5.69 Å². The Kier molecular flexibility index (Phi) is 7.76. The second kappa shape index (κ2) is 10.1. The van der Waals surface area contributed by atoms with Crippen molar-refractivity contribution in [3.05, 3.63) is 18.2 Å². The minimum absolute atomic E-state index is 0.0913. The lowest BCUT2D eigenvalue weighted by molar-refractivity contribution is -0.117. The van der Waals surface area contributed by atoms with Gasteiger partial charge in [-0.05, 0) is 64.8 Å². The van der Waals surface area contributed by atoms with Crippen molar-refractivity contribution >= 4 is 21.6 Å². The van der Waals surface area contributed by atoms with Gasteiger partial charge in [-0.1, -0.05) is 19.3 Å². The van der Waals surface area contributed by atoms with E-state index in [1.54, 1.807) is 12.1 Å². The molecule has 3 rings (SSSR count). The van der Waals surface area contributed by atoms with Crippen molar-refractivity contribution in [3.63, 3.8) is 0 Å². The summed E-state index contributed by atoms with van der Waals surface area (Å²) in [6.45, 7) is 5.16. The molecule has 0 unspecified atom stereocenters. The summed E-state index contributed by atoms with van der Waals surface area (Å²) in [7, 11) is -1.62. The maximum absolute atomic E-state index is 13.1. The van der Waals surface area contributed by atoms with Gasteiger partial charge in [0.1, 0.15) is 5.75 Å². The number of sulfonamides is 1.